The van der Waals surface area contributed by atoms with Crippen LogP contribution in [0.3, 0.4) is 0 Å². The Hall–Kier alpha value is -1.89. The third kappa shape index (κ3) is 5.14. The lowest BCUT2D eigenvalue weighted by atomic mass is 10.3. The van der Waals surface area contributed by atoms with Crippen LogP contribution in [0.1, 0.15) is 13.8 Å². The summed E-state index contributed by atoms with van der Waals surface area (Å²) >= 11 is 0. The topological polar surface area (TPSA) is 120 Å². The van der Waals surface area contributed by atoms with Crippen molar-refractivity contribution in [1.29, 1.82) is 0 Å². The van der Waals surface area contributed by atoms with Crippen molar-refractivity contribution < 1.29 is 23.2 Å². The van der Waals surface area contributed by atoms with E-state index >= 15 is 0 Å². The molecule has 0 heterocycles. The summed E-state index contributed by atoms with van der Waals surface area (Å²) in [6, 6.07) is 7.81. The minimum Gasteiger partial charge on any atom is -0.367 e. The molecule has 1 atom stereocenters. The molecular weight excluding hydrogens is 309 g/mol. The monoisotopic (exact) mass is 329 g/mol. The molecule has 1 rings (SSSR count). The van der Waals surface area contributed by atoms with Crippen LogP contribution in [0, 0.1) is 0 Å². The van der Waals surface area contributed by atoms with Crippen molar-refractivity contribution in [3.63, 3.8) is 0 Å². The average Bonchev–Trinajstić information content (AvgIpc) is 2.46. The van der Waals surface area contributed by atoms with E-state index in [4.69, 9.17) is 14.8 Å². The van der Waals surface area contributed by atoms with E-state index in [0.29, 0.717) is 5.69 Å². The first-order chi connectivity index (χ1) is 10.4. The number of primary amides is 1. The van der Waals surface area contributed by atoms with Gasteiger partial charge in [0, 0.05) is 5.69 Å². The largest absolute Gasteiger partial charge is 0.367 e. The van der Waals surface area contributed by atoms with Gasteiger partial charge in [0.15, 0.2) is 0 Å². The third-order valence-electron chi connectivity index (χ3n) is 2.50. The zero-order valence-electron chi connectivity index (χ0n) is 12.4. The predicted octanol–water partition coefficient (Wildman–Crippen LogP) is 1.89. The highest BCUT2D eigenvalue weighted by Crippen LogP contribution is 2.51. The Bertz CT molecular complexity index is 542. The number of carbonyl (C=O) groups is 2. The molecular formula is C13H20N3O5P. The van der Waals surface area contributed by atoms with E-state index < -0.39 is 25.3 Å². The molecule has 4 N–H and O–H groups in total. The predicted molar refractivity (Wildman–Crippen MR) is 82.4 cm³/mol. The van der Waals surface area contributed by atoms with Crippen molar-refractivity contribution in [2.75, 3.05) is 18.5 Å². The Morgan fingerprint density at radius 1 is 1.18 bits per heavy atom. The highest BCUT2D eigenvalue weighted by Gasteiger charge is 2.41. The second kappa shape index (κ2) is 8.53. The molecule has 122 valence electrons. The van der Waals surface area contributed by atoms with E-state index in [2.05, 4.69) is 10.6 Å². The summed E-state index contributed by atoms with van der Waals surface area (Å²) in [5, 5.41) is 4.73. The zero-order valence-corrected chi connectivity index (χ0v) is 13.3. The van der Waals surface area contributed by atoms with Crippen LogP contribution in [0.4, 0.5) is 10.5 Å². The second-order valence-electron chi connectivity index (χ2n) is 4.14. The first-order valence-electron chi connectivity index (χ1n) is 6.73. The molecule has 0 radical (unpaired) electrons. The standard InChI is InChI=1S/C13H20N3O5P/c1-3-20-22(19,21-4-2)12(11(14)17)16-13(18)15-10-8-6-5-7-9-10/h5-9,12H,3-4H2,1-2H3,(H2,14,17)(H2,15,16,18)/t12-/m1/s1. The molecule has 0 unspecified atom stereocenters. The number of nitrogens with one attached hydrogen (secondary N) is 2. The van der Waals surface area contributed by atoms with E-state index in [0.717, 1.165) is 0 Å². The maximum Gasteiger partial charge on any atom is 0.362 e. The van der Waals surface area contributed by atoms with E-state index in [1.165, 1.54) is 0 Å². The number of benzene rings is 1. The lowest BCUT2D eigenvalue weighted by Gasteiger charge is -2.24. The van der Waals surface area contributed by atoms with Crippen LogP contribution < -0.4 is 16.4 Å². The molecule has 0 aliphatic heterocycles. The SMILES string of the molecule is CCOP(=O)(OCC)[C@@H](NC(=O)Nc1ccccc1)C(N)=O. The van der Waals surface area contributed by atoms with Crippen LogP contribution in [0.2, 0.25) is 0 Å². The molecule has 1 aromatic carbocycles. The van der Waals surface area contributed by atoms with E-state index in [1.807, 2.05) is 0 Å². The van der Waals surface area contributed by atoms with Gasteiger partial charge in [0.2, 0.25) is 5.78 Å². The molecule has 1 aromatic rings. The van der Waals surface area contributed by atoms with Crippen molar-refractivity contribution in [2.45, 2.75) is 19.6 Å². The summed E-state index contributed by atoms with van der Waals surface area (Å²) in [5.74, 6) is -2.58. The summed E-state index contributed by atoms with van der Waals surface area (Å²) < 4.78 is 22.6. The number of amides is 3. The molecule has 3 amide bonds. The summed E-state index contributed by atoms with van der Waals surface area (Å²) in [5.41, 5.74) is 5.72. The van der Waals surface area contributed by atoms with Gasteiger partial charge in [-0.25, -0.2) is 4.79 Å². The molecule has 0 aliphatic carbocycles. The summed E-state index contributed by atoms with van der Waals surface area (Å²) in [6.45, 7) is 3.27. The van der Waals surface area contributed by atoms with E-state index in [9.17, 15) is 14.2 Å². The van der Waals surface area contributed by atoms with E-state index in [1.54, 1.807) is 44.2 Å². The van der Waals surface area contributed by atoms with Gasteiger partial charge in [-0.1, -0.05) is 18.2 Å². The van der Waals surface area contributed by atoms with Gasteiger partial charge in [-0.15, -0.1) is 0 Å². The fourth-order valence-corrected chi connectivity index (χ4v) is 3.34. The number of carbonyl (C=O) groups excluding carboxylic acids is 2. The van der Waals surface area contributed by atoms with Crippen LogP contribution in [-0.2, 0) is 18.4 Å². The van der Waals surface area contributed by atoms with Crippen molar-refractivity contribution in [3.8, 4) is 0 Å². The van der Waals surface area contributed by atoms with Crippen LogP contribution in [-0.4, -0.2) is 30.9 Å². The molecule has 8 nitrogen and oxygen atoms in total. The van der Waals surface area contributed by atoms with Crippen molar-refractivity contribution in [1.82, 2.24) is 5.32 Å². The molecule has 9 heteroatoms. The minimum absolute atomic E-state index is 0.0447. The molecule has 0 saturated heterocycles. The van der Waals surface area contributed by atoms with Crippen molar-refractivity contribution in [2.24, 2.45) is 5.73 Å². The number of anilines is 1. The quantitative estimate of drug-likeness (QED) is 0.629. The Labute approximate surface area is 128 Å². The maximum atomic E-state index is 12.6. The summed E-state index contributed by atoms with van der Waals surface area (Å²) in [6.07, 6.45) is 0. The van der Waals surface area contributed by atoms with Gasteiger partial charge in [-0.3, -0.25) is 9.36 Å². The summed E-state index contributed by atoms with van der Waals surface area (Å²) in [4.78, 5) is 23.5. The van der Waals surface area contributed by atoms with E-state index in [-0.39, 0.29) is 13.2 Å². The fourth-order valence-electron chi connectivity index (χ4n) is 1.67. The van der Waals surface area contributed by atoms with Crippen LogP contribution in [0.15, 0.2) is 30.3 Å². The van der Waals surface area contributed by atoms with Gasteiger partial charge in [0.25, 0.3) is 5.91 Å². The van der Waals surface area contributed by atoms with Crippen molar-refractivity contribution >= 4 is 25.2 Å². The average molecular weight is 329 g/mol. The second-order valence-corrected chi connectivity index (χ2v) is 6.26. The Morgan fingerprint density at radius 3 is 2.18 bits per heavy atom. The van der Waals surface area contributed by atoms with Gasteiger partial charge >= 0.3 is 13.6 Å². The molecule has 0 spiro atoms. The molecule has 0 fully saturated rings. The normalized spacial score (nSPS) is 12.5. The van der Waals surface area contributed by atoms with Crippen molar-refractivity contribution in [3.05, 3.63) is 30.3 Å². The maximum absolute atomic E-state index is 12.6. The number of hydrogen-bond donors (Lipinski definition) is 3. The molecule has 0 saturated carbocycles. The van der Waals surface area contributed by atoms with Gasteiger partial charge < -0.3 is 25.4 Å². The molecule has 0 bridgehead atoms. The third-order valence-corrected chi connectivity index (χ3v) is 4.76. The van der Waals surface area contributed by atoms with Gasteiger partial charge in [0.05, 0.1) is 13.2 Å². The summed E-state index contributed by atoms with van der Waals surface area (Å²) in [7, 11) is -3.89. The lowest BCUT2D eigenvalue weighted by Crippen LogP contribution is -2.46. The van der Waals surface area contributed by atoms with Gasteiger partial charge in [-0.05, 0) is 26.0 Å². The number of urea groups is 1. The molecule has 22 heavy (non-hydrogen) atoms. The number of para-hydroxylation sites is 1. The van der Waals surface area contributed by atoms with Crippen LogP contribution in [0.25, 0.3) is 0 Å². The smallest absolute Gasteiger partial charge is 0.362 e. The fraction of sp³-hybridized carbons (Fsp3) is 0.385. The minimum atomic E-state index is -3.89. The Balaban J connectivity index is 2.84. The first-order valence-corrected chi connectivity index (χ1v) is 8.34. The van der Waals surface area contributed by atoms with Gasteiger partial charge in [-0.2, -0.15) is 0 Å². The zero-order chi connectivity index (χ0) is 16.6. The lowest BCUT2D eigenvalue weighted by molar-refractivity contribution is -0.118. The number of rotatable bonds is 8. The van der Waals surface area contributed by atoms with Crippen LogP contribution in [0.5, 0.6) is 0 Å². The van der Waals surface area contributed by atoms with Gasteiger partial charge in [0.1, 0.15) is 0 Å². The number of nitrogens with two attached hydrogens (primary N) is 1. The molecule has 0 aliphatic rings. The Morgan fingerprint density at radius 2 is 1.73 bits per heavy atom. The highest BCUT2D eigenvalue weighted by atomic mass is 31.2. The highest BCUT2D eigenvalue weighted by molar-refractivity contribution is 7.55. The van der Waals surface area contributed by atoms with Crippen LogP contribution >= 0.6 is 7.60 Å². The number of hydrogen-bond acceptors (Lipinski definition) is 5. The molecule has 0 aromatic heterocycles. The first kappa shape index (κ1) is 18.2. The Kier molecular flexibility index (Phi) is 7.04.